The molecule has 0 bridgehead atoms. The quantitative estimate of drug-likeness (QED) is 0.440. The van der Waals surface area contributed by atoms with Crippen molar-refractivity contribution in [1.29, 1.82) is 0 Å². The number of nitrogens with zero attached hydrogens (tertiary/aromatic N) is 2. The van der Waals surface area contributed by atoms with Crippen LogP contribution in [-0.4, -0.2) is 47.9 Å². The van der Waals surface area contributed by atoms with E-state index in [0.29, 0.717) is 18.7 Å². The predicted molar refractivity (Wildman–Crippen MR) is 74.6 cm³/mol. The molecular weight excluding hydrogens is 354 g/mol. The van der Waals surface area contributed by atoms with Gasteiger partial charge in [0.15, 0.2) is 0 Å². The molecule has 6 nitrogen and oxygen atoms in total. The predicted octanol–water partition coefficient (Wildman–Crippen LogP) is 2.35. The fraction of sp³-hybridized carbons (Fsp3) is 0.417. The van der Waals surface area contributed by atoms with Gasteiger partial charge < -0.3 is 9.64 Å². The summed E-state index contributed by atoms with van der Waals surface area (Å²) in [6.07, 6.45) is 0. The Kier molecular flexibility index (Phi) is 6.16. The number of rotatable bonds is 6. The molecule has 0 spiro atoms. The third-order valence-corrected chi connectivity index (χ3v) is 3.17. The molecule has 0 saturated carbocycles. The number of ether oxygens (including phenoxy) is 1. The van der Waals surface area contributed by atoms with Crippen LogP contribution >= 0.6 is 15.9 Å². The fourth-order valence-corrected chi connectivity index (χ4v) is 2.38. The lowest BCUT2D eigenvalue weighted by molar-refractivity contribution is -0.387. The number of hydrogen-bond donors (Lipinski definition) is 0. The number of carbonyl (C=O) groups is 1. The maximum Gasteiger partial charge on any atom is 0.308 e. The molecule has 0 heterocycles. The Hall–Kier alpha value is -1.61. The van der Waals surface area contributed by atoms with E-state index in [0.717, 1.165) is 4.90 Å². The first-order valence-electron chi connectivity index (χ1n) is 5.79. The third-order valence-electron chi connectivity index (χ3n) is 2.61. The summed E-state index contributed by atoms with van der Waals surface area (Å²) in [6.45, 7) is 0.472. The zero-order valence-corrected chi connectivity index (χ0v) is 12.9. The van der Waals surface area contributed by atoms with Crippen LogP contribution in [-0.2, 0) is 4.74 Å². The maximum absolute atomic E-state index is 13.9. The van der Waals surface area contributed by atoms with Crippen molar-refractivity contribution in [3.8, 4) is 0 Å². The molecule has 9 heteroatoms. The molecule has 21 heavy (non-hydrogen) atoms. The van der Waals surface area contributed by atoms with E-state index in [9.17, 15) is 23.7 Å². The van der Waals surface area contributed by atoms with Crippen molar-refractivity contribution in [2.24, 2.45) is 0 Å². The Bertz CT molecular complexity index is 556. The van der Waals surface area contributed by atoms with Gasteiger partial charge in [0.05, 0.1) is 28.0 Å². The molecule has 1 unspecified atom stereocenters. The number of alkyl halides is 1. The van der Waals surface area contributed by atoms with Crippen LogP contribution in [0.3, 0.4) is 0 Å². The molecule has 1 aromatic carbocycles. The Labute approximate surface area is 128 Å². The van der Waals surface area contributed by atoms with Crippen molar-refractivity contribution in [2.45, 2.75) is 4.83 Å². The second-order valence-electron chi connectivity index (χ2n) is 4.28. The average Bonchev–Trinajstić information content (AvgIpc) is 2.40. The van der Waals surface area contributed by atoms with Crippen molar-refractivity contribution in [3.63, 3.8) is 0 Å². The van der Waals surface area contributed by atoms with E-state index < -0.39 is 33.7 Å². The zero-order chi connectivity index (χ0) is 16.2. The van der Waals surface area contributed by atoms with Gasteiger partial charge in [-0.2, -0.15) is 4.39 Å². The molecule has 116 valence electrons. The van der Waals surface area contributed by atoms with Crippen molar-refractivity contribution < 1.29 is 23.2 Å². The van der Waals surface area contributed by atoms with Gasteiger partial charge in [-0.25, -0.2) is 4.39 Å². The van der Waals surface area contributed by atoms with Crippen LogP contribution < -0.4 is 0 Å². The van der Waals surface area contributed by atoms with Gasteiger partial charge in [-0.3, -0.25) is 14.9 Å². The minimum absolute atomic E-state index is 0.163. The number of hydrogen-bond acceptors (Lipinski definition) is 4. The SMILES string of the molecule is COCC(Br)CN(C)C(=O)c1cc(F)cc([N+](=O)[O-])c1F. The minimum Gasteiger partial charge on any atom is -0.383 e. The van der Waals surface area contributed by atoms with Crippen LogP contribution in [0.5, 0.6) is 0 Å². The fourth-order valence-electron chi connectivity index (χ4n) is 1.68. The molecule has 0 aliphatic carbocycles. The van der Waals surface area contributed by atoms with Crippen molar-refractivity contribution in [1.82, 2.24) is 4.90 Å². The normalized spacial score (nSPS) is 12.0. The van der Waals surface area contributed by atoms with E-state index in [1.54, 1.807) is 0 Å². The number of amides is 1. The molecule has 1 rings (SSSR count). The molecule has 0 aliphatic heterocycles. The Morgan fingerprint density at radius 2 is 2.14 bits per heavy atom. The Balaban J connectivity index is 3.04. The first kappa shape index (κ1) is 17.4. The van der Waals surface area contributed by atoms with Crippen LogP contribution in [0.15, 0.2) is 12.1 Å². The summed E-state index contributed by atoms with van der Waals surface area (Å²) >= 11 is 3.26. The Morgan fingerprint density at radius 3 is 2.67 bits per heavy atom. The van der Waals surface area contributed by atoms with E-state index in [4.69, 9.17) is 4.74 Å². The van der Waals surface area contributed by atoms with E-state index in [1.807, 2.05) is 0 Å². The molecule has 1 atom stereocenters. The lowest BCUT2D eigenvalue weighted by Crippen LogP contribution is -2.34. The summed E-state index contributed by atoms with van der Waals surface area (Å²) in [6, 6.07) is 1.07. The smallest absolute Gasteiger partial charge is 0.308 e. The van der Waals surface area contributed by atoms with E-state index in [1.165, 1.54) is 14.2 Å². The summed E-state index contributed by atoms with van der Waals surface area (Å²) in [4.78, 5) is 22.5. The maximum atomic E-state index is 13.9. The number of benzene rings is 1. The van der Waals surface area contributed by atoms with Gasteiger partial charge in [-0.15, -0.1) is 0 Å². The van der Waals surface area contributed by atoms with Gasteiger partial charge in [0, 0.05) is 20.7 Å². The van der Waals surface area contributed by atoms with Crippen LogP contribution in [0.25, 0.3) is 0 Å². The topological polar surface area (TPSA) is 72.7 Å². The van der Waals surface area contributed by atoms with Crippen LogP contribution in [0, 0.1) is 21.7 Å². The van der Waals surface area contributed by atoms with Gasteiger partial charge in [-0.1, -0.05) is 15.9 Å². The summed E-state index contributed by atoms with van der Waals surface area (Å²) in [7, 11) is 2.86. The van der Waals surface area contributed by atoms with Crippen molar-refractivity contribution in [3.05, 3.63) is 39.4 Å². The van der Waals surface area contributed by atoms with Gasteiger partial charge in [0.1, 0.15) is 5.82 Å². The second kappa shape index (κ2) is 7.41. The summed E-state index contributed by atoms with van der Waals surface area (Å²) in [5.74, 6) is -3.25. The number of nitro benzene ring substituents is 1. The molecule has 0 radical (unpaired) electrons. The summed E-state index contributed by atoms with van der Waals surface area (Å²) in [5, 5.41) is 10.6. The molecule has 0 aromatic heterocycles. The van der Waals surface area contributed by atoms with E-state index >= 15 is 0 Å². The van der Waals surface area contributed by atoms with Crippen molar-refractivity contribution >= 4 is 27.5 Å². The standard InChI is InChI=1S/C12H13BrF2N2O4/c1-16(5-7(13)6-21-2)12(18)9-3-8(14)4-10(11(9)15)17(19)20/h3-4,7H,5-6H2,1-2H3. The highest BCUT2D eigenvalue weighted by Crippen LogP contribution is 2.23. The zero-order valence-electron chi connectivity index (χ0n) is 11.3. The molecule has 1 amide bonds. The summed E-state index contributed by atoms with van der Waals surface area (Å²) in [5.41, 5.74) is -1.75. The van der Waals surface area contributed by atoms with Gasteiger partial charge >= 0.3 is 5.69 Å². The van der Waals surface area contributed by atoms with Gasteiger partial charge in [-0.05, 0) is 6.07 Å². The van der Waals surface area contributed by atoms with Crippen LogP contribution in [0.1, 0.15) is 10.4 Å². The third kappa shape index (κ3) is 4.43. The lowest BCUT2D eigenvalue weighted by Gasteiger charge is -2.20. The van der Waals surface area contributed by atoms with Crippen molar-refractivity contribution in [2.75, 3.05) is 27.3 Å². The molecular formula is C12H13BrF2N2O4. The number of methoxy groups -OCH3 is 1. The highest BCUT2D eigenvalue weighted by atomic mass is 79.9. The van der Waals surface area contributed by atoms with Crippen LogP contribution in [0.2, 0.25) is 0 Å². The minimum atomic E-state index is -1.35. The summed E-state index contributed by atoms with van der Waals surface area (Å²) < 4.78 is 32.1. The lowest BCUT2D eigenvalue weighted by atomic mass is 10.1. The van der Waals surface area contributed by atoms with Crippen LogP contribution in [0.4, 0.5) is 14.5 Å². The number of halogens is 3. The largest absolute Gasteiger partial charge is 0.383 e. The van der Waals surface area contributed by atoms with Gasteiger partial charge in [0.2, 0.25) is 5.82 Å². The second-order valence-corrected chi connectivity index (χ2v) is 5.58. The molecule has 0 N–H and O–H groups in total. The molecule has 1 aromatic rings. The molecule has 0 saturated heterocycles. The van der Waals surface area contributed by atoms with E-state index in [-0.39, 0.29) is 11.4 Å². The number of nitro groups is 1. The highest BCUT2D eigenvalue weighted by Gasteiger charge is 2.26. The Morgan fingerprint density at radius 1 is 1.52 bits per heavy atom. The van der Waals surface area contributed by atoms with Gasteiger partial charge in [0.25, 0.3) is 5.91 Å². The highest BCUT2D eigenvalue weighted by molar-refractivity contribution is 9.09. The molecule has 0 aliphatic rings. The average molecular weight is 367 g/mol. The number of carbonyl (C=O) groups excluding carboxylic acids is 1. The molecule has 0 fully saturated rings. The van der Waals surface area contributed by atoms with E-state index in [2.05, 4.69) is 15.9 Å². The monoisotopic (exact) mass is 366 g/mol. The first-order chi connectivity index (χ1) is 9.77. The first-order valence-corrected chi connectivity index (χ1v) is 6.71.